The third-order valence-corrected chi connectivity index (χ3v) is 6.77. The molecule has 0 aliphatic carbocycles. The van der Waals surface area contributed by atoms with Crippen molar-refractivity contribution in [3.05, 3.63) is 72.2 Å². The molecule has 2 aliphatic heterocycles. The second kappa shape index (κ2) is 6.74. The van der Waals surface area contributed by atoms with Crippen molar-refractivity contribution in [2.75, 3.05) is 26.7 Å². The third kappa shape index (κ3) is 2.90. The van der Waals surface area contributed by atoms with Crippen LogP contribution in [0.3, 0.4) is 0 Å². The van der Waals surface area contributed by atoms with E-state index in [1.807, 2.05) is 39.9 Å². The molecular formula is C23H26N4O. The topological polar surface area (TPSA) is 40.9 Å². The van der Waals surface area contributed by atoms with Crippen LogP contribution in [-0.2, 0) is 0 Å². The van der Waals surface area contributed by atoms with Gasteiger partial charge in [0.1, 0.15) is 11.3 Å². The number of benzene rings is 1. The van der Waals surface area contributed by atoms with Crippen molar-refractivity contribution in [3.8, 4) is 0 Å². The Kier molecular flexibility index (Phi) is 4.20. The van der Waals surface area contributed by atoms with Gasteiger partial charge in [-0.2, -0.15) is 0 Å². The average molecular weight is 374 g/mol. The number of hydrogen-bond acceptors (Lipinski definition) is 3. The first kappa shape index (κ1) is 17.4. The molecule has 2 saturated heterocycles. The molecular weight excluding hydrogens is 348 g/mol. The zero-order valence-electron chi connectivity index (χ0n) is 16.3. The summed E-state index contributed by atoms with van der Waals surface area (Å²) >= 11 is 0. The predicted octanol–water partition coefficient (Wildman–Crippen LogP) is 3.43. The van der Waals surface area contributed by atoms with Gasteiger partial charge < -0.3 is 9.30 Å². The summed E-state index contributed by atoms with van der Waals surface area (Å²) in [5.74, 6) is 0.644. The molecule has 0 unspecified atom stereocenters. The fourth-order valence-electron chi connectivity index (χ4n) is 5.06. The Labute approximate surface area is 165 Å². The predicted molar refractivity (Wildman–Crippen MR) is 109 cm³/mol. The van der Waals surface area contributed by atoms with Gasteiger partial charge in [-0.1, -0.05) is 36.4 Å². The molecule has 0 radical (unpaired) electrons. The molecule has 5 rings (SSSR count). The van der Waals surface area contributed by atoms with E-state index < -0.39 is 0 Å². The minimum atomic E-state index is 0.0545. The van der Waals surface area contributed by atoms with Gasteiger partial charge in [0.05, 0.1) is 0 Å². The minimum absolute atomic E-state index is 0.0545. The largest absolute Gasteiger partial charge is 0.337 e. The number of nitrogens with zero attached hydrogens (tertiary/aromatic N) is 4. The van der Waals surface area contributed by atoms with Crippen LogP contribution < -0.4 is 0 Å². The number of aromatic nitrogens is 2. The third-order valence-electron chi connectivity index (χ3n) is 6.77. The Hall–Kier alpha value is -2.66. The van der Waals surface area contributed by atoms with Crippen molar-refractivity contribution in [2.45, 2.75) is 30.7 Å². The fraction of sp³-hybridized carbons (Fsp3) is 0.391. The van der Waals surface area contributed by atoms with Gasteiger partial charge >= 0.3 is 0 Å². The summed E-state index contributed by atoms with van der Waals surface area (Å²) in [7, 11) is 2.25. The molecule has 28 heavy (non-hydrogen) atoms. The van der Waals surface area contributed by atoms with Crippen LogP contribution >= 0.6 is 0 Å². The lowest BCUT2D eigenvalue weighted by Crippen LogP contribution is -2.52. The first-order valence-electron chi connectivity index (χ1n) is 10.1. The first-order chi connectivity index (χ1) is 13.6. The molecule has 1 atom stereocenters. The number of rotatable bonds is 2. The molecule has 2 aromatic heterocycles. The number of amides is 1. The van der Waals surface area contributed by atoms with Crippen LogP contribution in [0, 0.1) is 0 Å². The second-order valence-electron chi connectivity index (χ2n) is 8.30. The number of pyridine rings is 1. The molecule has 5 nitrogen and oxygen atoms in total. The number of carbonyl (C=O) groups is 1. The van der Waals surface area contributed by atoms with Crippen LogP contribution in [0.4, 0.5) is 0 Å². The highest BCUT2D eigenvalue weighted by molar-refractivity contribution is 5.93. The van der Waals surface area contributed by atoms with E-state index in [1.54, 1.807) is 0 Å². The summed E-state index contributed by atoms with van der Waals surface area (Å²) in [6.45, 7) is 2.71. The number of likely N-dealkylation sites (tertiary alicyclic amines) is 2. The highest BCUT2D eigenvalue weighted by Crippen LogP contribution is 2.44. The number of carbonyl (C=O) groups excluding carboxylic acids is 1. The van der Waals surface area contributed by atoms with Gasteiger partial charge in [0, 0.05) is 37.6 Å². The number of fused-ring (bicyclic) bond motifs is 1. The Balaban J connectivity index is 1.28. The van der Waals surface area contributed by atoms with Crippen LogP contribution in [0.1, 0.15) is 41.2 Å². The summed E-state index contributed by atoms with van der Waals surface area (Å²) in [6, 6.07) is 16.7. The molecule has 1 aromatic carbocycles. The summed E-state index contributed by atoms with van der Waals surface area (Å²) < 4.78 is 1.91. The van der Waals surface area contributed by atoms with Crippen molar-refractivity contribution in [1.29, 1.82) is 0 Å². The van der Waals surface area contributed by atoms with Crippen LogP contribution in [0.5, 0.6) is 0 Å². The molecule has 5 heteroatoms. The van der Waals surface area contributed by atoms with Crippen molar-refractivity contribution >= 4 is 11.6 Å². The van der Waals surface area contributed by atoms with E-state index in [4.69, 9.17) is 0 Å². The van der Waals surface area contributed by atoms with Gasteiger partial charge in [0.15, 0.2) is 0 Å². The molecule has 144 valence electrons. The van der Waals surface area contributed by atoms with E-state index in [0.29, 0.717) is 11.6 Å². The lowest BCUT2D eigenvalue weighted by atomic mass is 9.81. The van der Waals surface area contributed by atoms with Gasteiger partial charge in [-0.05, 0) is 49.9 Å². The van der Waals surface area contributed by atoms with Crippen molar-refractivity contribution in [3.63, 3.8) is 0 Å². The van der Waals surface area contributed by atoms with E-state index in [-0.39, 0.29) is 11.4 Å². The van der Waals surface area contributed by atoms with Crippen molar-refractivity contribution in [2.24, 2.45) is 0 Å². The molecule has 4 heterocycles. The SMILES string of the molecule is CN1C[C@@H](c2ccccc2)CC12CCN(C(=O)c1cn3ccccc3n1)CC2. The summed E-state index contributed by atoms with van der Waals surface area (Å²) in [5, 5.41) is 0. The maximum atomic E-state index is 13.0. The molecule has 1 amide bonds. The molecule has 0 saturated carbocycles. The van der Waals surface area contributed by atoms with Gasteiger partial charge in [-0.3, -0.25) is 9.69 Å². The average Bonchev–Trinajstić information content (AvgIpc) is 3.31. The highest BCUT2D eigenvalue weighted by Gasteiger charge is 2.46. The molecule has 3 aromatic rings. The maximum absolute atomic E-state index is 13.0. The normalized spacial score (nSPS) is 22.2. The van der Waals surface area contributed by atoms with Crippen LogP contribution in [0.15, 0.2) is 60.9 Å². The summed E-state index contributed by atoms with van der Waals surface area (Å²) in [4.78, 5) is 22.0. The Morgan fingerprint density at radius 1 is 1.07 bits per heavy atom. The smallest absolute Gasteiger partial charge is 0.274 e. The standard InChI is InChI=1S/C23H26N4O/c1-25-16-19(18-7-3-2-4-8-18)15-23(25)10-13-26(14-11-23)22(28)20-17-27-12-6-5-9-21(27)24-20/h2-9,12,17,19H,10-11,13-16H2,1H3/t19-/m0/s1. The molecule has 2 aliphatic rings. The summed E-state index contributed by atoms with van der Waals surface area (Å²) in [5.41, 5.74) is 3.02. The minimum Gasteiger partial charge on any atom is -0.337 e. The monoisotopic (exact) mass is 374 g/mol. The second-order valence-corrected chi connectivity index (χ2v) is 8.30. The van der Waals surface area contributed by atoms with Crippen molar-refractivity contribution < 1.29 is 4.79 Å². The lowest BCUT2D eigenvalue weighted by molar-refractivity contribution is 0.0488. The van der Waals surface area contributed by atoms with E-state index in [2.05, 4.69) is 47.3 Å². The van der Waals surface area contributed by atoms with Crippen molar-refractivity contribution in [1.82, 2.24) is 19.2 Å². The number of imidazole rings is 1. The van der Waals surface area contributed by atoms with Crippen LogP contribution in [0.2, 0.25) is 0 Å². The molecule has 2 fully saturated rings. The van der Waals surface area contributed by atoms with E-state index in [9.17, 15) is 4.79 Å². The van der Waals surface area contributed by atoms with E-state index >= 15 is 0 Å². The first-order valence-corrected chi connectivity index (χ1v) is 10.1. The van der Waals surface area contributed by atoms with Crippen LogP contribution in [-0.4, -0.2) is 57.3 Å². The maximum Gasteiger partial charge on any atom is 0.274 e. The van der Waals surface area contributed by atoms with E-state index in [1.165, 1.54) is 12.0 Å². The van der Waals surface area contributed by atoms with Gasteiger partial charge in [-0.25, -0.2) is 4.98 Å². The van der Waals surface area contributed by atoms with E-state index in [0.717, 1.165) is 38.1 Å². The van der Waals surface area contributed by atoms with Gasteiger partial charge in [0.25, 0.3) is 5.91 Å². The number of likely N-dealkylation sites (N-methyl/N-ethyl adjacent to an activating group) is 1. The number of hydrogen-bond donors (Lipinski definition) is 0. The lowest BCUT2D eigenvalue weighted by Gasteiger charge is -2.43. The fourth-order valence-corrected chi connectivity index (χ4v) is 5.06. The number of piperidine rings is 1. The Morgan fingerprint density at radius 3 is 2.57 bits per heavy atom. The van der Waals surface area contributed by atoms with Gasteiger partial charge in [-0.15, -0.1) is 0 Å². The zero-order valence-corrected chi connectivity index (χ0v) is 16.3. The molecule has 1 spiro atoms. The molecule has 0 N–H and O–H groups in total. The van der Waals surface area contributed by atoms with Crippen LogP contribution in [0.25, 0.3) is 5.65 Å². The van der Waals surface area contributed by atoms with Gasteiger partial charge in [0.2, 0.25) is 0 Å². The zero-order chi connectivity index (χ0) is 19.1. The molecule has 0 bridgehead atoms. The Bertz CT molecular complexity index is 955. The highest BCUT2D eigenvalue weighted by atomic mass is 16.2. The quantitative estimate of drug-likeness (QED) is 0.690. The Morgan fingerprint density at radius 2 is 1.82 bits per heavy atom. The summed E-state index contributed by atoms with van der Waals surface area (Å²) in [6.07, 6.45) is 7.03.